The molecule has 1 saturated heterocycles. The fourth-order valence-electron chi connectivity index (χ4n) is 3.87. The number of anilines is 1. The Bertz CT molecular complexity index is 1280. The molecule has 4 atom stereocenters. The first-order chi connectivity index (χ1) is 18.8. The molecule has 2 unspecified atom stereocenters. The molecule has 0 radical (unpaired) electrons. The Kier molecular flexibility index (Phi) is 11.8. The van der Waals surface area contributed by atoms with Crippen molar-refractivity contribution in [1.82, 2.24) is 4.31 Å². The Balaban J connectivity index is 1.52. The van der Waals surface area contributed by atoms with Crippen molar-refractivity contribution in [2.45, 2.75) is 49.5 Å². The summed E-state index contributed by atoms with van der Waals surface area (Å²) >= 11 is 0.698. The third-order valence-corrected chi connectivity index (χ3v) is 11.0. The molecule has 2 aromatic rings. The van der Waals surface area contributed by atoms with E-state index in [4.69, 9.17) is 14.0 Å². The van der Waals surface area contributed by atoms with Crippen molar-refractivity contribution < 1.29 is 31.9 Å². The average molecular weight is 613 g/mol. The van der Waals surface area contributed by atoms with Crippen LogP contribution < -0.4 is 4.90 Å². The minimum atomic E-state index is -4.05. The van der Waals surface area contributed by atoms with Crippen LogP contribution in [0.3, 0.4) is 0 Å². The fraction of sp³-hybridized carbons (Fsp3) is 0.520. The highest BCUT2D eigenvalue weighted by atomic mass is 32.7. The molecule has 40 heavy (non-hydrogen) atoms. The number of rotatable bonds is 14. The quantitative estimate of drug-likeness (QED) is 0.190. The first-order valence-electron chi connectivity index (χ1n) is 12.9. The predicted octanol–water partition coefficient (Wildman–Crippen LogP) is 4.18. The highest BCUT2D eigenvalue weighted by Crippen LogP contribution is 2.57. The summed E-state index contributed by atoms with van der Waals surface area (Å²) in [6.07, 6.45) is -0.539. The normalized spacial score (nSPS) is 21.4. The molecule has 0 aromatic heterocycles. The van der Waals surface area contributed by atoms with E-state index in [0.29, 0.717) is 29.2 Å². The average Bonchev–Trinajstić information content (AvgIpc) is 3.24. The summed E-state index contributed by atoms with van der Waals surface area (Å²) in [5, 5.41) is 8.38. The lowest BCUT2D eigenvalue weighted by atomic mass is 9.96. The lowest BCUT2D eigenvalue weighted by molar-refractivity contribution is -0.0421. The molecule has 0 bridgehead atoms. The Morgan fingerprint density at radius 1 is 1.10 bits per heavy atom. The number of nitrogens with zero attached hydrogens (tertiary/aromatic N) is 4. The van der Waals surface area contributed by atoms with Crippen LogP contribution >= 0.6 is 18.2 Å². The third-order valence-electron chi connectivity index (χ3n) is 6.10. The summed E-state index contributed by atoms with van der Waals surface area (Å²) in [7, 11) is 3.40. The Morgan fingerprint density at radius 3 is 2.23 bits per heavy atom. The van der Waals surface area contributed by atoms with Crippen molar-refractivity contribution in [2.75, 3.05) is 44.9 Å². The number of ether oxygens (including phenoxy) is 2. The summed E-state index contributed by atoms with van der Waals surface area (Å²) in [5.74, 6) is 0.0682. The maximum absolute atomic E-state index is 13.0. The van der Waals surface area contributed by atoms with Gasteiger partial charge in [-0.15, -0.1) is 0 Å². The number of benzene rings is 2. The Labute approximate surface area is 242 Å². The summed E-state index contributed by atoms with van der Waals surface area (Å²) in [6, 6.07) is 13.5. The van der Waals surface area contributed by atoms with E-state index in [0.717, 1.165) is 9.99 Å². The van der Waals surface area contributed by atoms with E-state index in [-0.39, 0.29) is 35.9 Å². The standard InChI is InChI=1S/C25H38BN4O7PS2/c1-18(2)35-17-24-23(16-25(26)36-24)37-38(31,32)39-15-14-30(5)40(33,34)22-12-8-20(9-13-22)28-27-19-6-10-21(11-7-19)29(3)4/h6-13,18,23-25H,14-17,26H2,1-5H3,(H,31,32)/b28-27+/t23?,24-,25-/m1/s1. The summed E-state index contributed by atoms with van der Waals surface area (Å²) in [5.41, 5.74) is 2.23. The van der Waals surface area contributed by atoms with Crippen LogP contribution in [0.1, 0.15) is 20.3 Å². The zero-order valence-electron chi connectivity index (χ0n) is 23.7. The van der Waals surface area contributed by atoms with Crippen molar-refractivity contribution in [3.8, 4) is 0 Å². The zero-order chi connectivity index (χ0) is 29.5. The molecule has 1 aliphatic heterocycles. The van der Waals surface area contributed by atoms with Crippen molar-refractivity contribution in [1.29, 1.82) is 0 Å². The molecule has 0 saturated carbocycles. The predicted molar refractivity (Wildman–Crippen MR) is 161 cm³/mol. The molecule has 3 rings (SSSR count). The van der Waals surface area contributed by atoms with Crippen molar-refractivity contribution in [3.63, 3.8) is 0 Å². The molecule has 0 aliphatic carbocycles. The van der Waals surface area contributed by atoms with Crippen LogP contribution in [0, 0.1) is 0 Å². The number of hydrogen-bond donors (Lipinski definition) is 1. The molecule has 1 N–H and O–H groups in total. The Morgan fingerprint density at radius 2 is 1.68 bits per heavy atom. The fourth-order valence-corrected chi connectivity index (χ4v) is 7.82. The van der Waals surface area contributed by atoms with Crippen LogP contribution in [-0.4, -0.2) is 89.8 Å². The van der Waals surface area contributed by atoms with Gasteiger partial charge in [-0.3, -0.25) is 4.52 Å². The third kappa shape index (κ3) is 9.66. The van der Waals surface area contributed by atoms with Gasteiger partial charge < -0.3 is 19.3 Å². The van der Waals surface area contributed by atoms with Crippen molar-refractivity contribution in [3.05, 3.63) is 48.5 Å². The van der Waals surface area contributed by atoms with Gasteiger partial charge in [-0.1, -0.05) is 0 Å². The SMILES string of the molecule is B[C@H]1CC(OP(=O)(O)SCCN(C)S(=O)(=O)c2ccc(/N=N/c3ccc(N(C)C)cc3)cc2)[C@@H](COC(C)C)O1. The van der Waals surface area contributed by atoms with Gasteiger partial charge in [0.25, 0.3) is 0 Å². The van der Waals surface area contributed by atoms with E-state index in [1.165, 1.54) is 19.2 Å². The molecular weight excluding hydrogens is 574 g/mol. The van der Waals surface area contributed by atoms with Gasteiger partial charge >= 0.3 is 6.80 Å². The van der Waals surface area contributed by atoms with Crippen LogP contribution in [0.5, 0.6) is 0 Å². The minimum absolute atomic E-state index is 0.000261. The van der Waals surface area contributed by atoms with E-state index >= 15 is 0 Å². The van der Waals surface area contributed by atoms with Gasteiger partial charge in [-0.25, -0.2) is 17.3 Å². The van der Waals surface area contributed by atoms with E-state index in [9.17, 15) is 17.9 Å². The largest absolute Gasteiger partial charge is 0.386 e. The molecule has 1 fully saturated rings. The van der Waals surface area contributed by atoms with Gasteiger partial charge in [0.15, 0.2) is 0 Å². The van der Waals surface area contributed by atoms with Crippen LogP contribution in [0.25, 0.3) is 0 Å². The molecule has 15 heteroatoms. The summed E-state index contributed by atoms with van der Waals surface area (Å²) in [4.78, 5) is 12.5. The van der Waals surface area contributed by atoms with E-state index < -0.39 is 29.0 Å². The van der Waals surface area contributed by atoms with Crippen LogP contribution in [-0.2, 0) is 28.6 Å². The summed E-state index contributed by atoms with van der Waals surface area (Å²) < 4.78 is 56.8. The lowest BCUT2D eigenvalue weighted by Gasteiger charge is -2.23. The number of sulfonamides is 1. The topological polar surface area (TPSA) is 130 Å². The van der Waals surface area contributed by atoms with E-state index in [1.54, 1.807) is 12.1 Å². The summed E-state index contributed by atoms with van der Waals surface area (Å²) in [6.45, 7) is 0.0373. The second kappa shape index (κ2) is 14.4. The maximum Gasteiger partial charge on any atom is 0.386 e. The maximum atomic E-state index is 13.0. The molecule has 0 spiro atoms. The Hall–Kier alpha value is -1.77. The zero-order valence-corrected chi connectivity index (χ0v) is 26.2. The van der Waals surface area contributed by atoms with E-state index in [2.05, 4.69) is 10.2 Å². The van der Waals surface area contributed by atoms with Gasteiger partial charge in [0, 0.05) is 45.1 Å². The van der Waals surface area contributed by atoms with Gasteiger partial charge in [-0.05, 0) is 80.2 Å². The lowest BCUT2D eigenvalue weighted by Crippen LogP contribution is -2.30. The minimum Gasteiger partial charge on any atom is -0.379 e. The molecule has 11 nitrogen and oxygen atoms in total. The van der Waals surface area contributed by atoms with E-state index in [1.807, 2.05) is 65.0 Å². The second-order valence-corrected chi connectivity index (χ2v) is 16.0. The van der Waals surface area contributed by atoms with Gasteiger partial charge in [0.1, 0.15) is 14.0 Å². The smallest absolute Gasteiger partial charge is 0.379 e. The number of hydrogen-bond acceptors (Lipinski definition) is 10. The molecule has 220 valence electrons. The molecule has 1 heterocycles. The first kappa shape index (κ1) is 32.7. The highest BCUT2D eigenvalue weighted by molar-refractivity contribution is 8.54. The van der Waals surface area contributed by atoms with Gasteiger partial charge in [-0.2, -0.15) is 10.2 Å². The molecule has 1 aliphatic rings. The molecule has 0 amide bonds. The first-order valence-corrected chi connectivity index (χ1v) is 17.6. The van der Waals surface area contributed by atoms with Crippen LogP contribution in [0.15, 0.2) is 63.7 Å². The highest BCUT2D eigenvalue weighted by Gasteiger charge is 2.39. The van der Waals surface area contributed by atoms with Crippen molar-refractivity contribution in [2.24, 2.45) is 10.2 Å². The monoisotopic (exact) mass is 612 g/mol. The van der Waals surface area contributed by atoms with Gasteiger partial charge in [0.2, 0.25) is 10.0 Å². The molecular formula is C25H38BN4O7PS2. The number of azo groups is 1. The van der Waals surface area contributed by atoms with Crippen LogP contribution in [0.4, 0.5) is 17.1 Å². The van der Waals surface area contributed by atoms with Crippen molar-refractivity contribution >= 4 is 53.1 Å². The molecule has 2 aromatic carbocycles. The van der Waals surface area contributed by atoms with Gasteiger partial charge in [0.05, 0.1) is 35.1 Å². The van der Waals surface area contributed by atoms with Crippen LogP contribution in [0.2, 0.25) is 0 Å². The second-order valence-electron chi connectivity index (χ2n) is 9.98.